The van der Waals surface area contributed by atoms with Gasteiger partial charge in [-0.3, -0.25) is 0 Å². The number of aromatic nitrogens is 3. The Bertz CT molecular complexity index is 815. The molecular formula is C18H22N4S. The van der Waals surface area contributed by atoms with Gasteiger partial charge in [-0.05, 0) is 24.0 Å². The van der Waals surface area contributed by atoms with Gasteiger partial charge in [0.2, 0.25) is 0 Å². The highest BCUT2D eigenvalue weighted by atomic mass is 32.1. The summed E-state index contributed by atoms with van der Waals surface area (Å²) in [5, 5.41) is 4.69. The van der Waals surface area contributed by atoms with Crippen LogP contribution in [-0.4, -0.2) is 19.7 Å². The van der Waals surface area contributed by atoms with Crippen LogP contribution in [0.1, 0.15) is 38.4 Å². The van der Waals surface area contributed by atoms with Crippen molar-refractivity contribution < 1.29 is 0 Å². The summed E-state index contributed by atoms with van der Waals surface area (Å²) in [6.45, 7) is 15.9. The first kappa shape index (κ1) is 15.7. The number of nitrogens with zero attached hydrogens (tertiary/aromatic N) is 3. The molecule has 3 heterocycles. The number of allylic oxidation sites excluding steroid dienone is 1. The first-order valence-electron chi connectivity index (χ1n) is 7.67. The van der Waals surface area contributed by atoms with E-state index in [4.69, 9.17) is 12.2 Å². The molecule has 0 aromatic carbocycles. The van der Waals surface area contributed by atoms with Crippen molar-refractivity contribution in [2.45, 2.75) is 33.7 Å². The van der Waals surface area contributed by atoms with Crippen LogP contribution in [0.25, 0.3) is 11.4 Å². The molecule has 0 spiro atoms. The molecule has 2 aromatic heterocycles. The van der Waals surface area contributed by atoms with Crippen LogP contribution in [-0.2, 0) is 6.54 Å². The van der Waals surface area contributed by atoms with Gasteiger partial charge < -0.3 is 9.88 Å². The predicted molar refractivity (Wildman–Crippen MR) is 96.5 cm³/mol. The van der Waals surface area contributed by atoms with Crippen LogP contribution < -0.4 is 0 Å². The highest BCUT2D eigenvalue weighted by Crippen LogP contribution is 2.37. The maximum atomic E-state index is 5.08. The number of hydrogen-bond donors (Lipinski definition) is 1. The number of nitrogens with one attached hydrogen (secondary N) is 1. The van der Waals surface area contributed by atoms with E-state index in [2.05, 4.69) is 48.9 Å². The Morgan fingerprint density at radius 2 is 2.13 bits per heavy atom. The minimum Gasteiger partial charge on any atom is -0.351 e. The van der Waals surface area contributed by atoms with Gasteiger partial charge in [-0.25, -0.2) is 4.68 Å². The zero-order chi connectivity index (χ0) is 16.8. The van der Waals surface area contributed by atoms with Crippen LogP contribution in [0.15, 0.2) is 43.4 Å². The summed E-state index contributed by atoms with van der Waals surface area (Å²) in [6.07, 6.45) is 4.82. The molecule has 0 amide bonds. The molecule has 0 aliphatic carbocycles. The molecule has 3 rings (SSSR count). The summed E-state index contributed by atoms with van der Waals surface area (Å²) in [5.74, 6) is 0. The molecule has 120 valence electrons. The first-order valence-corrected chi connectivity index (χ1v) is 8.08. The van der Waals surface area contributed by atoms with Gasteiger partial charge in [0.1, 0.15) is 4.64 Å². The van der Waals surface area contributed by atoms with Crippen LogP contribution in [0.2, 0.25) is 0 Å². The monoisotopic (exact) mass is 326 g/mol. The molecule has 1 aliphatic heterocycles. The number of pyridine rings is 1. The van der Waals surface area contributed by atoms with Crippen molar-refractivity contribution >= 4 is 17.9 Å². The summed E-state index contributed by atoms with van der Waals surface area (Å²) in [6, 6.07) is 3.82. The number of aromatic amines is 1. The van der Waals surface area contributed by atoms with Crippen molar-refractivity contribution in [3.63, 3.8) is 0 Å². The van der Waals surface area contributed by atoms with Crippen molar-refractivity contribution in [3.05, 3.63) is 59.3 Å². The molecule has 1 aliphatic rings. The molecule has 0 radical (unpaired) electrons. The fourth-order valence-electron chi connectivity index (χ4n) is 2.85. The van der Waals surface area contributed by atoms with E-state index in [1.54, 1.807) is 0 Å². The molecule has 0 atom stereocenters. The van der Waals surface area contributed by atoms with E-state index in [1.807, 2.05) is 29.2 Å². The maximum Gasteiger partial charge on any atom is 0.103 e. The molecule has 5 heteroatoms. The first-order chi connectivity index (χ1) is 10.7. The number of rotatable bonds is 3. The summed E-state index contributed by atoms with van der Waals surface area (Å²) < 4.78 is 2.58. The molecular weight excluding hydrogens is 304 g/mol. The zero-order valence-electron chi connectivity index (χ0n) is 13.9. The number of H-pyrrole nitrogens is 1. The third-order valence-corrected chi connectivity index (χ3v) is 4.14. The quantitative estimate of drug-likeness (QED) is 0.833. The van der Waals surface area contributed by atoms with Crippen molar-refractivity contribution in [1.29, 1.82) is 0 Å². The average Bonchev–Trinajstić information content (AvgIpc) is 2.98. The van der Waals surface area contributed by atoms with E-state index < -0.39 is 0 Å². The number of fused-ring (bicyclic) bond motifs is 1. The molecule has 1 N–H and O–H groups in total. The Hall–Kier alpha value is -2.14. The minimum atomic E-state index is 0.207. The Morgan fingerprint density at radius 1 is 1.39 bits per heavy atom. The molecule has 2 aromatic rings. The van der Waals surface area contributed by atoms with Gasteiger partial charge in [-0.1, -0.05) is 46.1 Å². The third-order valence-electron chi connectivity index (χ3n) is 3.88. The van der Waals surface area contributed by atoms with Crippen LogP contribution in [0.3, 0.4) is 0 Å². The highest BCUT2D eigenvalue weighted by molar-refractivity contribution is 7.71. The second-order valence-corrected chi connectivity index (χ2v) is 7.62. The standard InChI is InChI=1S/C18H22N4S/c1-12(8-18(3,4)5)21-11-16-15(13(21)2)10-22(20-16)14-6-7-17(23)19-9-14/h6-7,9-10H,1-2,8,11H2,3-5H3,(H,19,23). The Morgan fingerprint density at radius 3 is 2.70 bits per heavy atom. The fourth-order valence-corrected chi connectivity index (χ4v) is 2.97. The molecule has 23 heavy (non-hydrogen) atoms. The van der Waals surface area contributed by atoms with E-state index in [9.17, 15) is 0 Å². The SMILES string of the molecule is C=C(CC(C)(C)C)N1Cc2nn(-c3ccc(=S)[nH]c3)cc2C1=C. The molecule has 4 nitrogen and oxygen atoms in total. The zero-order valence-corrected chi connectivity index (χ0v) is 14.7. The average molecular weight is 326 g/mol. The van der Waals surface area contributed by atoms with Gasteiger partial charge in [-0.2, -0.15) is 5.10 Å². The second-order valence-electron chi connectivity index (χ2n) is 7.18. The lowest BCUT2D eigenvalue weighted by molar-refractivity contribution is 0.355. The van der Waals surface area contributed by atoms with E-state index in [0.29, 0.717) is 4.64 Å². The van der Waals surface area contributed by atoms with Crippen LogP contribution in [0, 0.1) is 10.1 Å². The Balaban J connectivity index is 1.83. The van der Waals surface area contributed by atoms with Crippen LogP contribution >= 0.6 is 12.2 Å². The summed E-state index contributed by atoms with van der Waals surface area (Å²) >= 11 is 5.08. The fraction of sp³-hybridized carbons (Fsp3) is 0.333. The van der Waals surface area contributed by atoms with E-state index in [-0.39, 0.29) is 5.41 Å². The van der Waals surface area contributed by atoms with Crippen LogP contribution in [0.4, 0.5) is 0 Å². The lowest BCUT2D eigenvalue weighted by atomic mass is 9.90. The predicted octanol–water partition coefficient (Wildman–Crippen LogP) is 4.67. The molecule has 0 saturated heterocycles. The smallest absolute Gasteiger partial charge is 0.103 e. The van der Waals surface area contributed by atoms with E-state index >= 15 is 0 Å². The van der Waals surface area contributed by atoms with Gasteiger partial charge >= 0.3 is 0 Å². The van der Waals surface area contributed by atoms with Crippen molar-refractivity contribution in [1.82, 2.24) is 19.7 Å². The van der Waals surface area contributed by atoms with E-state index in [0.717, 1.165) is 41.3 Å². The number of hydrogen-bond acceptors (Lipinski definition) is 3. The van der Waals surface area contributed by atoms with Crippen molar-refractivity contribution in [3.8, 4) is 5.69 Å². The van der Waals surface area contributed by atoms with Gasteiger partial charge in [-0.15, -0.1) is 0 Å². The molecule has 0 unspecified atom stereocenters. The van der Waals surface area contributed by atoms with Gasteiger partial charge in [0.05, 0.1) is 17.9 Å². The van der Waals surface area contributed by atoms with Gasteiger partial charge in [0, 0.05) is 29.4 Å². The van der Waals surface area contributed by atoms with Crippen molar-refractivity contribution in [2.75, 3.05) is 0 Å². The normalized spacial score (nSPS) is 14.2. The van der Waals surface area contributed by atoms with Gasteiger partial charge in [0.25, 0.3) is 0 Å². The minimum absolute atomic E-state index is 0.207. The molecule has 0 fully saturated rings. The summed E-state index contributed by atoms with van der Waals surface area (Å²) in [4.78, 5) is 5.21. The lowest BCUT2D eigenvalue weighted by Gasteiger charge is -2.27. The lowest BCUT2D eigenvalue weighted by Crippen LogP contribution is -2.19. The molecule has 0 bridgehead atoms. The third kappa shape index (κ3) is 3.15. The largest absolute Gasteiger partial charge is 0.351 e. The molecule has 0 saturated carbocycles. The van der Waals surface area contributed by atoms with E-state index in [1.165, 1.54) is 0 Å². The highest BCUT2D eigenvalue weighted by Gasteiger charge is 2.29. The Kier molecular flexibility index (Phi) is 3.76. The van der Waals surface area contributed by atoms with Gasteiger partial charge in [0.15, 0.2) is 0 Å². The Labute approximate surface area is 142 Å². The van der Waals surface area contributed by atoms with Crippen LogP contribution in [0.5, 0.6) is 0 Å². The summed E-state index contributed by atoms with van der Waals surface area (Å²) in [5.41, 5.74) is 5.36. The summed E-state index contributed by atoms with van der Waals surface area (Å²) in [7, 11) is 0. The van der Waals surface area contributed by atoms with Crippen molar-refractivity contribution in [2.24, 2.45) is 5.41 Å². The maximum absolute atomic E-state index is 5.08. The topological polar surface area (TPSA) is 36.9 Å². The second kappa shape index (κ2) is 5.49.